The van der Waals surface area contributed by atoms with Crippen LogP contribution in [-0.4, -0.2) is 24.2 Å². The van der Waals surface area contributed by atoms with Gasteiger partial charge < -0.3 is 14.4 Å². The molecule has 4 nitrogen and oxygen atoms in total. The summed E-state index contributed by atoms with van der Waals surface area (Å²) in [6.45, 7) is 3.92. The van der Waals surface area contributed by atoms with Crippen LogP contribution in [0.15, 0.2) is 47.4 Å². The molecule has 1 aromatic carbocycles. The number of para-hydroxylation sites is 2. The second-order valence-corrected chi connectivity index (χ2v) is 6.13. The van der Waals surface area contributed by atoms with Crippen molar-refractivity contribution in [2.24, 2.45) is 7.05 Å². The molecule has 0 bridgehead atoms. The van der Waals surface area contributed by atoms with Gasteiger partial charge in [0.05, 0.1) is 11.4 Å². The molecule has 3 rings (SSSR count). The SMILES string of the molecule is CC1CCN(C)c2ccccc2N1Cc1cccn(C)c1=O. The van der Waals surface area contributed by atoms with Crippen molar-refractivity contribution in [2.75, 3.05) is 23.4 Å². The van der Waals surface area contributed by atoms with Gasteiger partial charge in [-0.15, -0.1) is 0 Å². The number of benzene rings is 1. The number of aromatic nitrogens is 1. The Hall–Kier alpha value is -2.23. The summed E-state index contributed by atoms with van der Waals surface area (Å²) in [5, 5.41) is 0. The second kappa shape index (κ2) is 5.87. The molecule has 2 aromatic rings. The molecule has 0 radical (unpaired) electrons. The van der Waals surface area contributed by atoms with Crippen molar-refractivity contribution in [1.82, 2.24) is 4.57 Å². The fourth-order valence-corrected chi connectivity index (χ4v) is 3.12. The van der Waals surface area contributed by atoms with Crippen molar-refractivity contribution < 1.29 is 0 Å². The molecule has 1 aromatic heterocycles. The molecule has 1 aliphatic rings. The van der Waals surface area contributed by atoms with Crippen molar-refractivity contribution in [3.8, 4) is 0 Å². The first-order valence-corrected chi connectivity index (χ1v) is 7.79. The third kappa shape index (κ3) is 2.61. The fraction of sp³-hybridized carbons (Fsp3) is 0.389. The minimum atomic E-state index is 0.0878. The van der Waals surface area contributed by atoms with Gasteiger partial charge in [0.25, 0.3) is 5.56 Å². The topological polar surface area (TPSA) is 28.5 Å². The maximum absolute atomic E-state index is 12.3. The van der Waals surface area contributed by atoms with Crippen molar-refractivity contribution in [2.45, 2.75) is 25.9 Å². The third-order valence-electron chi connectivity index (χ3n) is 4.56. The molecular weight excluding hydrogens is 274 g/mol. The van der Waals surface area contributed by atoms with Crippen LogP contribution in [0.5, 0.6) is 0 Å². The number of fused-ring (bicyclic) bond motifs is 1. The molecule has 0 fully saturated rings. The summed E-state index contributed by atoms with van der Waals surface area (Å²) >= 11 is 0. The van der Waals surface area contributed by atoms with E-state index in [1.165, 1.54) is 11.4 Å². The zero-order valence-corrected chi connectivity index (χ0v) is 13.5. The average molecular weight is 297 g/mol. The van der Waals surface area contributed by atoms with Gasteiger partial charge in [-0.05, 0) is 31.5 Å². The first kappa shape index (κ1) is 14.7. The standard InChI is InChI=1S/C18H23N3O/c1-14-10-12-19(2)16-8-4-5-9-17(16)21(14)13-15-7-6-11-20(3)18(15)22/h4-9,11,14H,10,12-13H2,1-3H3. The summed E-state index contributed by atoms with van der Waals surface area (Å²) in [6.07, 6.45) is 2.89. The molecule has 0 aliphatic carbocycles. The van der Waals surface area contributed by atoms with Crippen molar-refractivity contribution in [1.29, 1.82) is 0 Å². The molecule has 0 spiro atoms. The Bertz CT molecular complexity index is 722. The minimum Gasteiger partial charge on any atom is -0.373 e. The van der Waals surface area contributed by atoms with Gasteiger partial charge >= 0.3 is 0 Å². The van der Waals surface area contributed by atoms with Crippen LogP contribution in [0.25, 0.3) is 0 Å². The lowest BCUT2D eigenvalue weighted by Crippen LogP contribution is -2.35. The average Bonchev–Trinajstić information content (AvgIpc) is 2.64. The van der Waals surface area contributed by atoms with Crippen molar-refractivity contribution >= 4 is 11.4 Å². The highest BCUT2D eigenvalue weighted by Gasteiger charge is 2.24. The Labute approximate surface area is 131 Å². The Kier molecular flexibility index (Phi) is 3.92. The van der Waals surface area contributed by atoms with E-state index in [1.807, 2.05) is 12.1 Å². The maximum atomic E-state index is 12.3. The Balaban J connectivity index is 2.03. The highest BCUT2D eigenvalue weighted by Crippen LogP contribution is 2.34. The molecule has 4 heteroatoms. The van der Waals surface area contributed by atoms with E-state index in [9.17, 15) is 4.79 Å². The van der Waals surface area contributed by atoms with Gasteiger partial charge in [0, 0.05) is 45.0 Å². The maximum Gasteiger partial charge on any atom is 0.255 e. The van der Waals surface area contributed by atoms with Gasteiger partial charge in [0.1, 0.15) is 0 Å². The summed E-state index contributed by atoms with van der Waals surface area (Å²) in [4.78, 5) is 17.0. The van der Waals surface area contributed by atoms with E-state index in [-0.39, 0.29) is 5.56 Å². The number of nitrogens with zero attached hydrogens (tertiary/aromatic N) is 3. The summed E-state index contributed by atoms with van der Waals surface area (Å²) in [5.74, 6) is 0. The quantitative estimate of drug-likeness (QED) is 0.853. The van der Waals surface area contributed by atoms with E-state index in [0.29, 0.717) is 12.6 Å². The van der Waals surface area contributed by atoms with Crippen LogP contribution in [0, 0.1) is 0 Å². The highest BCUT2D eigenvalue weighted by molar-refractivity contribution is 5.72. The molecule has 22 heavy (non-hydrogen) atoms. The molecule has 0 amide bonds. The molecule has 2 heterocycles. The first-order chi connectivity index (χ1) is 10.6. The molecule has 0 saturated heterocycles. The van der Waals surface area contributed by atoms with E-state index < -0.39 is 0 Å². The highest BCUT2D eigenvalue weighted by atomic mass is 16.1. The molecule has 1 aliphatic heterocycles. The van der Waals surface area contributed by atoms with Crippen LogP contribution in [0.4, 0.5) is 11.4 Å². The predicted molar refractivity (Wildman–Crippen MR) is 91.7 cm³/mol. The zero-order valence-electron chi connectivity index (χ0n) is 13.5. The Morgan fingerprint density at radius 1 is 1.09 bits per heavy atom. The number of aryl methyl sites for hydroxylation is 1. The van der Waals surface area contributed by atoms with Crippen LogP contribution >= 0.6 is 0 Å². The van der Waals surface area contributed by atoms with Gasteiger partial charge in [-0.3, -0.25) is 4.79 Å². The minimum absolute atomic E-state index is 0.0878. The summed E-state index contributed by atoms with van der Waals surface area (Å²) < 4.78 is 1.65. The predicted octanol–water partition coefficient (Wildman–Crippen LogP) is 2.62. The molecule has 0 N–H and O–H groups in total. The number of pyridine rings is 1. The summed E-state index contributed by atoms with van der Waals surface area (Å²) in [5.41, 5.74) is 3.38. The largest absolute Gasteiger partial charge is 0.373 e. The third-order valence-corrected chi connectivity index (χ3v) is 4.56. The number of hydrogen-bond donors (Lipinski definition) is 0. The lowest BCUT2D eigenvalue weighted by molar-refractivity contribution is 0.597. The Morgan fingerprint density at radius 3 is 2.59 bits per heavy atom. The van der Waals surface area contributed by atoms with Crippen LogP contribution in [0.3, 0.4) is 0 Å². The van der Waals surface area contributed by atoms with Crippen LogP contribution in [0.1, 0.15) is 18.9 Å². The van der Waals surface area contributed by atoms with E-state index >= 15 is 0 Å². The zero-order chi connectivity index (χ0) is 15.7. The molecular formula is C18H23N3O. The number of anilines is 2. The fourth-order valence-electron chi connectivity index (χ4n) is 3.12. The molecule has 0 saturated carbocycles. The first-order valence-electron chi connectivity index (χ1n) is 7.79. The lowest BCUT2D eigenvalue weighted by Gasteiger charge is -2.30. The van der Waals surface area contributed by atoms with Crippen molar-refractivity contribution in [3.63, 3.8) is 0 Å². The number of hydrogen-bond acceptors (Lipinski definition) is 3. The van der Waals surface area contributed by atoms with Crippen LogP contribution in [0.2, 0.25) is 0 Å². The summed E-state index contributed by atoms with van der Waals surface area (Å²) in [6, 6.07) is 12.7. The van der Waals surface area contributed by atoms with Gasteiger partial charge in [-0.25, -0.2) is 0 Å². The lowest BCUT2D eigenvalue weighted by atomic mass is 10.1. The van der Waals surface area contributed by atoms with Gasteiger partial charge in [-0.2, -0.15) is 0 Å². The normalized spacial score (nSPS) is 18.0. The Morgan fingerprint density at radius 2 is 1.82 bits per heavy atom. The molecule has 1 unspecified atom stereocenters. The van der Waals surface area contributed by atoms with Crippen molar-refractivity contribution in [3.05, 3.63) is 58.5 Å². The molecule has 1 atom stereocenters. The van der Waals surface area contributed by atoms with E-state index in [4.69, 9.17) is 0 Å². The smallest absolute Gasteiger partial charge is 0.255 e. The number of rotatable bonds is 2. The molecule has 116 valence electrons. The second-order valence-electron chi connectivity index (χ2n) is 6.13. The van der Waals surface area contributed by atoms with Gasteiger partial charge in [0.15, 0.2) is 0 Å². The van der Waals surface area contributed by atoms with Crippen LogP contribution in [-0.2, 0) is 13.6 Å². The van der Waals surface area contributed by atoms with E-state index in [0.717, 1.165) is 18.5 Å². The monoisotopic (exact) mass is 297 g/mol. The van der Waals surface area contributed by atoms with Gasteiger partial charge in [0.2, 0.25) is 0 Å². The van der Waals surface area contributed by atoms with Crippen LogP contribution < -0.4 is 15.4 Å². The van der Waals surface area contributed by atoms with E-state index in [2.05, 4.69) is 48.0 Å². The van der Waals surface area contributed by atoms with Gasteiger partial charge in [-0.1, -0.05) is 18.2 Å². The van der Waals surface area contributed by atoms with E-state index in [1.54, 1.807) is 17.8 Å². The summed E-state index contributed by atoms with van der Waals surface area (Å²) in [7, 11) is 3.94.